The molecular weight excluding hydrogens is 307 g/mol. The summed E-state index contributed by atoms with van der Waals surface area (Å²) in [6.45, 7) is 0. The van der Waals surface area contributed by atoms with Gasteiger partial charge in [0.2, 0.25) is 0 Å². The first-order chi connectivity index (χ1) is 9.93. The van der Waals surface area contributed by atoms with Gasteiger partial charge in [-0.2, -0.15) is 0 Å². The van der Waals surface area contributed by atoms with Crippen LogP contribution in [-0.4, -0.2) is 15.0 Å². The van der Waals surface area contributed by atoms with E-state index in [1.807, 2.05) is 0 Å². The van der Waals surface area contributed by atoms with Gasteiger partial charge in [-0.15, -0.1) is 0 Å². The zero-order valence-electron chi connectivity index (χ0n) is 10.9. The predicted molar refractivity (Wildman–Crippen MR) is 84.9 cm³/mol. The third kappa shape index (κ3) is 1.91. The summed E-state index contributed by atoms with van der Waals surface area (Å²) in [5.74, 6) is 1.38. The van der Waals surface area contributed by atoms with E-state index in [-0.39, 0.29) is 0 Å². The van der Waals surface area contributed by atoms with Gasteiger partial charge < -0.3 is 0 Å². The van der Waals surface area contributed by atoms with Crippen LogP contribution in [-0.2, 0) is 0 Å². The number of rotatable bonds is 1. The molecule has 1 radical (unpaired) electrons. The fraction of sp³-hybridized carbons (Fsp3) is 0. The van der Waals surface area contributed by atoms with Crippen LogP contribution in [0.5, 0.6) is 0 Å². The minimum atomic E-state index is 0.408. The Morgan fingerprint density at radius 2 is 1.00 bits per heavy atom. The molecule has 0 atom stereocenters. The van der Waals surface area contributed by atoms with Crippen molar-refractivity contribution in [3.63, 3.8) is 0 Å². The van der Waals surface area contributed by atoms with Crippen LogP contribution in [0.25, 0.3) is 0 Å². The van der Waals surface area contributed by atoms with E-state index in [0.29, 0.717) is 15.0 Å². The molecule has 1 heteroatoms. The Morgan fingerprint density at radius 1 is 0.500 bits per heavy atom. The molecule has 0 saturated heterocycles. The van der Waals surface area contributed by atoms with Gasteiger partial charge in [0.15, 0.2) is 0 Å². The van der Waals surface area contributed by atoms with Gasteiger partial charge in [0, 0.05) is 0 Å². The second-order valence-electron chi connectivity index (χ2n) is 4.84. The quantitative estimate of drug-likeness (QED) is 0.473. The molecule has 0 nitrogen and oxygen atoms in total. The second-order valence-corrected chi connectivity index (χ2v) is 7.11. The first kappa shape index (κ1) is 12.0. The number of fused-ring (bicyclic) bond motifs is 2. The van der Waals surface area contributed by atoms with Crippen molar-refractivity contribution >= 4 is 23.9 Å². The monoisotopic (exact) mass is 321 g/mol. The van der Waals surface area contributed by atoms with Gasteiger partial charge in [0.1, 0.15) is 0 Å². The molecule has 0 N–H and O–H groups in total. The fourth-order valence-electron chi connectivity index (χ4n) is 2.70. The standard InChI is InChI=1S/C19H13Se/c1-2-8-14(9-3-1)19-15-10-4-6-12-17(15)20-18-13-7-5-11-16(18)19/h1-13H. The maximum atomic E-state index is 2.27. The molecule has 0 bridgehead atoms. The minimum absolute atomic E-state index is 0.408. The number of benzene rings is 3. The average Bonchev–Trinajstić information content (AvgIpc) is 2.53. The summed E-state index contributed by atoms with van der Waals surface area (Å²) in [5, 5.41) is 0. The molecule has 20 heavy (non-hydrogen) atoms. The van der Waals surface area contributed by atoms with Crippen LogP contribution in [0.15, 0.2) is 78.9 Å². The SMILES string of the molecule is c1ccc([C]2c3ccccc3[Se]c3ccccc32)cc1. The summed E-state index contributed by atoms with van der Waals surface area (Å²) < 4.78 is 2.97. The molecule has 1 aliphatic rings. The van der Waals surface area contributed by atoms with Crippen LogP contribution in [0.2, 0.25) is 0 Å². The first-order valence-electron chi connectivity index (χ1n) is 6.72. The van der Waals surface area contributed by atoms with Crippen molar-refractivity contribution in [2.75, 3.05) is 0 Å². The molecule has 3 aromatic rings. The predicted octanol–water partition coefficient (Wildman–Crippen LogP) is 2.67. The molecule has 1 heterocycles. The summed E-state index contributed by atoms with van der Waals surface area (Å²) in [6.07, 6.45) is 0. The molecule has 4 rings (SSSR count). The van der Waals surface area contributed by atoms with E-state index in [1.165, 1.54) is 31.5 Å². The summed E-state index contributed by atoms with van der Waals surface area (Å²) in [7, 11) is 0. The Morgan fingerprint density at radius 3 is 1.60 bits per heavy atom. The van der Waals surface area contributed by atoms with E-state index in [0.717, 1.165) is 0 Å². The van der Waals surface area contributed by atoms with Crippen LogP contribution < -0.4 is 8.92 Å². The molecule has 1 aliphatic heterocycles. The Hall–Kier alpha value is -1.82. The fourth-order valence-corrected chi connectivity index (χ4v) is 4.99. The van der Waals surface area contributed by atoms with E-state index in [4.69, 9.17) is 0 Å². The van der Waals surface area contributed by atoms with Crippen molar-refractivity contribution in [1.29, 1.82) is 0 Å². The van der Waals surface area contributed by atoms with Crippen LogP contribution >= 0.6 is 0 Å². The Bertz CT molecular complexity index is 701. The Balaban J connectivity index is 1.98. The summed E-state index contributed by atoms with van der Waals surface area (Å²) in [6, 6.07) is 28.4. The molecule has 0 unspecified atom stereocenters. The summed E-state index contributed by atoms with van der Waals surface area (Å²) >= 11 is 0.408. The van der Waals surface area contributed by atoms with Crippen molar-refractivity contribution in [2.24, 2.45) is 0 Å². The summed E-state index contributed by atoms with van der Waals surface area (Å²) in [4.78, 5) is 0. The zero-order chi connectivity index (χ0) is 13.4. The Labute approximate surface area is 125 Å². The van der Waals surface area contributed by atoms with Gasteiger partial charge in [-0.1, -0.05) is 0 Å². The van der Waals surface area contributed by atoms with Gasteiger partial charge in [-0.25, -0.2) is 0 Å². The molecule has 0 fully saturated rings. The molecular formula is C19H13Se. The summed E-state index contributed by atoms with van der Waals surface area (Å²) in [5.41, 5.74) is 4.11. The third-order valence-electron chi connectivity index (χ3n) is 3.60. The normalized spacial score (nSPS) is 13.6. The second kappa shape index (κ2) is 4.94. The molecule has 0 spiro atoms. The topological polar surface area (TPSA) is 0 Å². The van der Waals surface area contributed by atoms with Crippen molar-refractivity contribution in [1.82, 2.24) is 0 Å². The number of hydrogen-bond acceptors (Lipinski definition) is 0. The van der Waals surface area contributed by atoms with Crippen LogP contribution in [0, 0.1) is 5.92 Å². The first-order valence-corrected chi connectivity index (χ1v) is 8.44. The molecule has 0 aliphatic carbocycles. The third-order valence-corrected chi connectivity index (χ3v) is 6.01. The van der Waals surface area contributed by atoms with E-state index in [9.17, 15) is 0 Å². The molecule has 0 aromatic heterocycles. The maximum absolute atomic E-state index is 2.27. The molecule has 95 valence electrons. The zero-order valence-corrected chi connectivity index (χ0v) is 12.6. The van der Waals surface area contributed by atoms with Crippen molar-refractivity contribution < 1.29 is 0 Å². The average molecular weight is 320 g/mol. The van der Waals surface area contributed by atoms with Crippen LogP contribution in [0.3, 0.4) is 0 Å². The van der Waals surface area contributed by atoms with Crippen molar-refractivity contribution in [3.05, 3.63) is 101 Å². The van der Waals surface area contributed by atoms with Gasteiger partial charge in [0.05, 0.1) is 0 Å². The van der Waals surface area contributed by atoms with Crippen molar-refractivity contribution in [3.8, 4) is 0 Å². The van der Waals surface area contributed by atoms with Gasteiger partial charge in [-0.05, 0) is 0 Å². The van der Waals surface area contributed by atoms with E-state index < -0.39 is 0 Å². The van der Waals surface area contributed by atoms with Gasteiger partial charge in [-0.3, -0.25) is 0 Å². The number of hydrogen-bond donors (Lipinski definition) is 0. The van der Waals surface area contributed by atoms with Crippen molar-refractivity contribution in [2.45, 2.75) is 0 Å². The molecule has 3 aromatic carbocycles. The van der Waals surface area contributed by atoms with E-state index >= 15 is 0 Å². The van der Waals surface area contributed by atoms with Crippen LogP contribution in [0.4, 0.5) is 0 Å². The molecule has 0 saturated carbocycles. The van der Waals surface area contributed by atoms with Gasteiger partial charge >= 0.3 is 125 Å². The van der Waals surface area contributed by atoms with Gasteiger partial charge in [0.25, 0.3) is 0 Å². The van der Waals surface area contributed by atoms with Crippen LogP contribution in [0.1, 0.15) is 16.7 Å². The van der Waals surface area contributed by atoms with E-state index in [1.54, 1.807) is 0 Å². The Kier molecular flexibility index (Phi) is 2.95. The van der Waals surface area contributed by atoms with E-state index in [2.05, 4.69) is 78.9 Å². The molecule has 0 amide bonds.